The number of aromatic amines is 1. The molecule has 2 heterocycles. The highest BCUT2D eigenvalue weighted by atomic mass is 16.2. The highest BCUT2D eigenvalue weighted by Gasteiger charge is 2.36. The van der Waals surface area contributed by atoms with Crippen LogP contribution in [-0.4, -0.2) is 39.4 Å². The molecule has 2 aliphatic rings. The molecule has 1 aromatic heterocycles. The lowest BCUT2D eigenvalue weighted by atomic mass is 9.95. The molecule has 2 amide bonds. The Morgan fingerprint density at radius 1 is 1.07 bits per heavy atom. The average molecular weight is 368 g/mol. The first-order valence-corrected chi connectivity index (χ1v) is 9.50. The number of piperidine rings is 1. The Labute approximate surface area is 157 Å². The molecule has 27 heavy (non-hydrogen) atoms. The maximum atomic E-state index is 12.8. The summed E-state index contributed by atoms with van der Waals surface area (Å²) in [7, 11) is 0. The summed E-state index contributed by atoms with van der Waals surface area (Å²) in [6.07, 6.45) is 5.01. The zero-order valence-electron chi connectivity index (χ0n) is 15.4. The lowest BCUT2D eigenvalue weighted by molar-refractivity contribution is -0.135. The van der Waals surface area contributed by atoms with Crippen molar-refractivity contribution >= 4 is 17.5 Å². The molecule has 2 aromatic rings. The number of aryl methyl sites for hydroxylation is 1. The number of carbonyl (C=O) groups excluding carboxylic acids is 2. The topological polar surface area (TPSA) is 87.2 Å². The number of para-hydroxylation sites is 2. The largest absolute Gasteiger partial charge is 0.342 e. The van der Waals surface area contributed by atoms with E-state index in [1.807, 2.05) is 30.0 Å². The lowest BCUT2D eigenvalue weighted by Gasteiger charge is -2.31. The molecule has 0 radical (unpaired) electrons. The number of aromatic nitrogens is 2. The SMILES string of the molecule is Cc1c[nH]c(=O)n1-c1ccccc1NC(=O)C1CCN(C(=O)C2CC2)CC1. The van der Waals surface area contributed by atoms with Gasteiger partial charge in [-0.1, -0.05) is 12.1 Å². The van der Waals surface area contributed by atoms with E-state index in [-0.39, 0.29) is 29.3 Å². The van der Waals surface area contributed by atoms with Gasteiger partial charge >= 0.3 is 5.69 Å². The smallest absolute Gasteiger partial charge is 0.330 e. The Hall–Kier alpha value is -2.83. The van der Waals surface area contributed by atoms with E-state index in [0.717, 1.165) is 18.5 Å². The van der Waals surface area contributed by atoms with Crippen LogP contribution in [-0.2, 0) is 9.59 Å². The van der Waals surface area contributed by atoms with E-state index >= 15 is 0 Å². The molecular weight excluding hydrogens is 344 g/mol. The van der Waals surface area contributed by atoms with Crippen LogP contribution in [0, 0.1) is 18.8 Å². The van der Waals surface area contributed by atoms with Crippen molar-refractivity contribution in [3.8, 4) is 5.69 Å². The molecule has 2 N–H and O–H groups in total. The summed E-state index contributed by atoms with van der Waals surface area (Å²) >= 11 is 0. The van der Waals surface area contributed by atoms with E-state index in [1.54, 1.807) is 16.8 Å². The van der Waals surface area contributed by atoms with Crippen LogP contribution >= 0.6 is 0 Å². The third-order valence-corrected chi connectivity index (χ3v) is 5.47. The Morgan fingerprint density at radius 3 is 2.41 bits per heavy atom. The van der Waals surface area contributed by atoms with Crippen molar-refractivity contribution < 1.29 is 9.59 Å². The van der Waals surface area contributed by atoms with Crippen molar-refractivity contribution in [1.82, 2.24) is 14.5 Å². The van der Waals surface area contributed by atoms with E-state index in [1.165, 1.54) is 0 Å². The average Bonchev–Trinajstić information content (AvgIpc) is 3.47. The molecule has 0 atom stereocenters. The molecule has 7 heteroatoms. The monoisotopic (exact) mass is 368 g/mol. The molecule has 2 fully saturated rings. The fourth-order valence-corrected chi connectivity index (χ4v) is 3.71. The van der Waals surface area contributed by atoms with Crippen molar-refractivity contribution in [3.05, 3.63) is 46.6 Å². The second kappa shape index (κ2) is 7.06. The van der Waals surface area contributed by atoms with Crippen molar-refractivity contribution in [2.75, 3.05) is 18.4 Å². The highest BCUT2D eigenvalue weighted by Crippen LogP contribution is 2.32. The van der Waals surface area contributed by atoms with Crippen LogP contribution < -0.4 is 11.0 Å². The van der Waals surface area contributed by atoms with E-state index in [2.05, 4.69) is 10.3 Å². The van der Waals surface area contributed by atoms with Crippen LogP contribution in [0.1, 0.15) is 31.4 Å². The minimum absolute atomic E-state index is 0.0535. The molecular formula is C20H24N4O3. The van der Waals surface area contributed by atoms with Gasteiger partial charge in [0.25, 0.3) is 0 Å². The number of amides is 2. The lowest BCUT2D eigenvalue weighted by Crippen LogP contribution is -2.42. The van der Waals surface area contributed by atoms with Gasteiger partial charge in [-0.3, -0.25) is 14.2 Å². The summed E-state index contributed by atoms with van der Waals surface area (Å²) in [5, 5.41) is 2.99. The number of hydrogen-bond acceptors (Lipinski definition) is 3. The minimum atomic E-state index is -0.235. The molecule has 7 nitrogen and oxygen atoms in total. The Morgan fingerprint density at radius 2 is 1.78 bits per heavy atom. The fourth-order valence-electron chi connectivity index (χ4n) is 3.71. The summed E-state index contributed by atoms with van der Waals surface area (Å²) < 4.78 is 1.55. The number of nitrogens with one attached hydrogen (secondary N) is 2. The summed E-state index contributed by atoms with van der Waals surface area (Å²) in [5.74, 6) is 0.305. The van der Waals surface area contributed by atoms with E-state index in [4.69, 9.17) is 0 Å². The van der Waals surface area contributed by atoms with Gasteiger partial charge in [-0.05, 0) is 44.7 Å². The standard InChI is InChI=1S/C20H24N4O3/c1-13-12-21-20(27)24(13)17-5-3-2-4-16(17)22-18(25)14-8-10-23(11-9-14)19(26)15-6-7-15/h2-5,12,14-15H,6-11H2,1H3,(H,21,27)(H,22,25). The van der Waals surface area contributed by atoms with Crippen LogP contribution in [0.15, 0.2) is 35.3 Å². The highest BCUT2D eigenvalue weighted by molar-refractivity contribution is 5.94. The number of imidazole rings is 1. The van der Waals surface area contributed by atoms with Gasteiger partial charge < -0.3 is 15.2 Å². The number of anilines is 1. The molecule has 1 aliphatic carbocycles. The zero-order valence-corrected chi connectivity index (χ0v) is 15.4. The van der Waals surface area contributed by atoms with Gasteiger partial charge in [0.05, 0.1) is 11.4 Å². The van der Waals surface area contributed by atoms with E-state index in [9.17, 15) is 14.4 Å². The minimum Gasteiger partial charge on any atom is -0.342 e. The molecule has 4 rings (SSSR count). The molecule has 0 spiro atoms. The summed E-state index contributed by atoms with van der Waals surface area (Å²) in [5.41, 5.74) is 1.80. The van der Waals surface area contributed by atoms with Crippen LogP contribution in [0.5, 0.6) is 0 Å². The summed E-state index contributed by atoms with van der Waals surface area (Å²) in [6, 6.07) is 7.29. The maximum absolute atomic E-state index is 12.8. The molecule has 1 saturated heterocycles. The van der Waals surface area contributed by atoms with Gasteiger partial charge in [-0.25, -0.2) is 4.79 Å². The first kappa shape index (κ1) is 17.6. The van der Waals surface area contributed by atoms with Crippen LogP contribution in [0.25, 0.3) is 5.69 Å². The first-order valence-electron chi connectivity index (χ1n) is 9.50. The van der Waals surface area contributed by atoms with Crippen molar-refractivity contribution in [3.63, 3.8) is 0 Å². The number of H-pyrrole nitrogens is 1. The number of rotatable bonds is 4. The molecule has 1 saturated carbocycles. The predicted octanol–water partition coefficient (Wildman–Crippen LogP) is 2.06. The summed E-state index contributed by atoms with van der Waals surface area (Å²) in [6.45, 7) is 3.12. The quantitative estimate of drug-likeness (QED) is 0.866. The maximum Gasteiger partial charge on any atom is 0.330 e. The molecule has 142 valence electrons. The van der Waals surface area contributed by atoms with Gasteiger partial charge in [-0.2, -0.15) is 0 Å². The van der Waals surface area contributed by atoms with Crippen LogP contribution in [0.2, 0.25) is 0 Å². The zero-order chi connectivity index (χ0) is 19.0. The van der Waals surface area contributed by atoms with Crippen LogP contribution in [0.4, 0.5) is 5.69 Å². The van der Waals surface area contributed by atoms with Crippen LogP contribution in [0.3, 0.4) is 0 Å². The number of carbonyl (C=O) groups is 2. The van der Waals surface area contributed by atoms with E-state index < -0.39 is 0 Å². The Bertz CT molecular complexity index is 917. The fraction of sp³-hybridized carbons (Fsp3) is 0.450. The predicted molar refractivity (Wildman–Crippen MR) is 102 cm³/mol. The first-order chi connectivity index (χ1) is 13.0. The number of likely N-dealkylation sites (tertiary alicyclic amines) is 1. The molecule has 1 aromatic carbocycles. The number of benzene rings is 1. The Kier molecular flexibility index (Phi) is 4.59. The van der Waals surface area contributed by atoms with Gasteiger partial charge in [-0.15, -0.1) is 0 Å². The molecule has 0 unspecified atom stereocenters. The van der Waals surface area contributed by atoms with E-state index in [0.29, 0.717) is 37.3 Å². The normalized spacial score (nSPS) is 17.7. The third-order valence-electron chi connectivity index (χ3n) is 5.47. The van der Waals surface area contributed by atoms with Gasteiger partial charge in [0, 0.05) is 36.8 Å². The van der Waals surface area contributed by atoms with Gasteiger partial charge in [0.2, 0.25) is 11.8 Å². The third kappa shape index (κ3) is 3.54. The van der Waals surface area contributed by atoms with Gasteiger partial charge in [0.1, 0.15) is 0 Å². The molecule has 0 bridgehead atoms. The van der Waals surface area contributed by atoms with Crippen molar-refractivity contribution in [1.29, 1.82) is 0 Å². The van der Waals surface area contributed by atoms with Crippen molar-refractivity contribution in [2.45, 2.75) is 32.6 Å². The molecule has 1 aliphatic heterocycles. The second-order valence-corrected chi connectivity index (χ2v) is 7.45. The van der Waals surface area contributed by atoms with Crippen molar-refractivity contribution in [2.24, 2.45) is 11.8 Å². The summed E-state index contributed by atoms with van der Waals surface area (Å²) in [4.78, 5) is 41.6. The Balaban J connectivity index is 1.45. The number of nitrogens with zero attached hydrogens (tertiary/aromatic N) is 2. The second-order valence-electron chi connectivity index (χ2n) is 7.45. The van der Waals surface area contributed by atoms with Gasteiger partial charge in [0.15, 0.2) is 0 Å². The number of hydrogen-bond donors (Lipinski definition) is 2.